The summed E-state index contributed by atoms with van der Waals surface area (Å²) in [5, 5.41) is 10.7. The molecule has 1 aromatic heterocycles. The van der Waals surface area contributed by atoms with E-state index < -0.39 is 29.9 Å². The van der Waals surface area contributed by atoms with Gasteiger partial charge in [0.25, 0.3) is 0 Å². The van der Waals surface area contributed by atoms with Crippen molar-refractivity contribution >= 4 is 23.4 Å². The van der Waals surface area contributed by atoms with E-state index in [4.69, 9.17) is 25.8 Å². The number of Topliss-reactive ketones (excluding diaryl/α,β-unsaturated/α-hetero) is 1. The molecule has 0 aliphatic rings. The van der Waals surface area contributed by atoms with Gasteiger partial charge in [0.15, 0.2) is 29.1 Å². The highest BCUT2D eigenvalue weighted by Gasteiger charge is 2.29. The number of ether oxygens (including phenoxy) is 3. The molecule has 3 rings (SSSR count). The van der Waals surface area contributed by atoms with Crippen LogP contribution in [0.15, 0.2) is 66.9 Å². The van der Waals surface area contributed by atoms with Crippen molar-refractivity contribution in [1.29, 1.82) is 0 Å². The molecule has 0 spiro atoms. The van der Waals surface area contributed by atoms with E-state index in [1.54, 1.807) is 38.1 Å². The first-order chi connectivity index (χ1) is 16.3. The summed E-state index contributed by atoms with van der Waals surface area (Å²) >= 11 is 5.96. The van der Waals surface area contributed by atoms with Crippen LogP contribution in [0.5, 0.6) is 17.2 Å². The number of pyridine rings is 1. The number of aromatic nitrogens is 1. The largest absolute Gasteiger partial charge is 0.503 e. The van der Waals surface area contributed by atoms with E-state index in [1.165, 1.54) is 19.4 Å². The van der Waals surface area contributed by atoms with Gasteiger partial charge in [0.05, 0.1) is 13.0 Å². The van der Waals surface area contributed by atoms with E-state index in [0.29, 0.717) is 10.8 Å². The molecule has 3 aromatic rings. The van der Waals surface area contributed by atoms with Crippen LogP contribution in [0.2, 0.25) is 5.02 Å². The molecule has 8 heteroatoms. The smallest absolute Gasteiger partial charge is 0.309 e. The lowest BCUT2D eigenvalue weighted by Gasteiger charge is -2.26. The van der Waals surface area contributed by atoms with E-state index >= 15 is 0 Å². The lowest BCUT2D eigenvalue weighted by atomic mass is 10.0. The second kappa shape index (κ2) is 11.5. The van der Waals surface area contributed by atoms with Crippen molar-refractivity contribution in [3.8, 4) is 17.2 Å². The van der Waals surface area contributed by atoms with Crippen LogP contribution in [-0.2, 0) is 9.53 Å². The van der Waals surface area contributed by atoms with Gasteiger partial charge in [-0.15, -0.1) is 0 Å². The number of nitrogens with zero attached hydrogens (tertiary/aromatic N) is 1. The summed E-state index contributed by atoms with van der Waals surface area (Å²) in [5.74, 6) is -1.48. The summed E-state index contributed by atoms with van der Waals surface area (Å²) < 4.78 is 16.8. The number of aromatic hydroxyl groups is 1. The van der Waals surface area contributed by atoms with Gasteiger partial charge < -0.3 is 19.3 Å². The topological polar surface area (TPSA) is 95.0 Å². The van der Waals surface area contributed by atoms with Crippen molar-refractivity contribution in [2.24, 2.45) is 5.92 Å². The zero-order chi connectivity index (χ0) is 24.7. The quantitative estimate of drug-likeness (QED) is 0.304. The van der Waals surface area contributed by atoms with Crippen LogP contribution in [0.1, 0.15) is 42.4 Å². The maximum Gasteiger partial charge on any atom is 0.309 e. The Labute approximate surface area is 203 Å². The van der Waals surface area contributed by atoms with Gasteiger partial charge in [0, 0.05) is 23.7 Å². The van der Waals surface area contributed by atoms with Crippen LogP contribution in [-0.4, -0.2) is 35.1 Å². The molecule has 0 radical (unpaired) electrons. The van der Waals surface area contributed by atoms with Crippen LogP contribution < -0.4 is 9.47 Å². The highest BCUT2D eigenvalue weighted by Crippen LogP contribution is 2.30. The van der Waals surface area contributed by atoms with Gasteiger partial charge in [-0.25, -0.2) is 4.98 Å². The second-order valence-electron chi connectivity index (χ2n) is 7.78. The second-order valence-corrected chi connectivity index (χ2v) is 8.22. The summed E-state index contributed by atoms with van der Waals surface area (Å²) in [6.07, 6.45) is -0.0762. The van der Waals surface area contributed by atoms with Crippen molar-refractivity contribution in [2.45, 2.75) is 32.5 Å². The fourth-order valence-electron chi connectivity index (χ4n) is 3.36. The molecule has 2 aromatic carbocycles. The Hall–Kier alpha value is -3.58. The third-order valence-electron chi connectivity index (χ3n) is 5.20. The van der Waals surface area contributed by atoms with Gasteiger partial charge in [-0.2, -0.15) is 0 Å². The van der Waals surface area contributed by atoms with E-state index in [9.17, 15) is 14.7 Å². The number of methoxy groups -OCH3 is 1. The molecule has 0 saturated heterocycles. The summed E-state index contributed by atoms with van der Waals surface area (Å²) in [6, 6.07) is 17.7. The Morgan fingerprint density at radius 3 is 2.35 bits per heavy atom. The van der Waals surface area contributed by atoms with Gasteiger partial charge >= 0.3 is 5.97 Å². The normalized spacial score (nSPS) is 13.4. The number of hydrogen-bond donors (Lipinski definition) is 1. The lowest BCUT2D eigenvalue weighted by Crippen LogP contribution is -2.30. The number of carbonyl (C=O) groups excluding carboxylic acids is 2. The first kappa shape index (κ1) is 25.1. The van der Waals surface area contributed by atoms with Gasteiger partial charge in [0.2, 0.25) is 0 Å². The molecular formula is C26H26ClNO6. The fourth-order valence-corrected chi connectivity index (χ4v) is 3.49. The summed E-state index contributed by atoms with van der Waals surface area (Å²) in [5.41, 5.74) is 0.673. The van der Waals surface area contributed by atoms with Crippen LogP contribution in [0.25, 0.3) is 0 Å². The number of benzene rings is 2. The first-order valence-corrected chi connectivity index (χ1v) is 11.1. The van der Waals surface area contributed by atoms with Crippen molar-refractivity contribution < 1.29 is 28.9 Å². The van der Waals surface area contributed by atoms with E-state index in [1.807, 2.05) is 30.3 Å². The third kappa shape index (κ3) is 6.26. The zero-order valence-corrected chi connectivity index (χ0v) is 19.9. The molecule has 0 amide bonds. The number of rotatable bonds is 10. The monoisotopic (exact) mass is 483 g/mol. The molecule has 0 bridgehead atoms. The van der Waals surface area contributed by atoms with Crippen molar-refractivity contribution in [1.82, 2.24) is 4.98 Å². The zero-order valence-electron chi connectivity index (χ0n) is 19.1. The minimum Gasteiger partial charge on any atom is -0.503 e. The molecule has 0 unspecified atom stereocenters. The number of esters is 1. The molecule has 3 atom stereocenters. The van der Waals surface area contributed by atoms with Crippen LogP contribution in [0.3, 0.4) is 0 Å². The fraction of sp³-hybridized carbons (Fsp3) is 0.269. The molecule has 1 N–H and O–H groups in total. The van der Waals surface area contributed by atoms with Crippen molar-refractivity contribution in [3.05, 3.63) is 83.1 Å². The van der Waals surface area contributed by atoms with E-state index in [2.05, 4.69) is 4.98 Å². The Bertz CT molecular complexity index is 1120. The summed E-state index contributed by atoms with van der Waals surface area (Å²) in [7, 11) is 1.37. The van der Waals surface area contributed by atoms with Gasteiger partial charge in [0.1, 0.15) is 11.9 Å². The first-order valence-electron chi connectivity index (χ1n) is 10.7. The molecule has 0 aliphatic heterocycles. The number of carbonyl (C=O) groups is 2. The Morgan fingerprint density at radius 2 is 1.71 bits per heavy atom. The molecule has 7 nitrogen and oxygen atoms in total. The van der Waals surface area contributed by atoms with Crippen molar-refractivity contribution in [3.63, 3.8) is 0 Å². The molecule has 1 heterocycles. The van der Waals surface area contributed by atoms with Gasteiger partial charge in [-0.3, -0.25) is 9.59 Å². The minimum absolute atomic E-state index is 0.132. The molecule has 0 saturated carbocycles. The van der Waals surface area contributed by atoms with Crippen LogP contribution >= 0.6 is 11.6 Å². The van der Waals surface area contributed by atoms with E-state index in [0.717, 1.165) is 5.56 Å². The predicted molar refractivity (Wildman–Crippen MR) is 127 cm³/mol. The summed E-state index contributed by atoms with van der Waals surface area (Å²) in [6.45, 7) is 3.32. The maximum absolute atomic E-state index is 12.8. The van der Waals surface area contributed by atoms with E-state index in [-0.39, 0.29) is 23.6 Å². The molecule has 178 valence electrons. The average Bonchev–Trinajstić information content (AvgIpc) is 2.84. The van der Waals surface area contributed by atoms with Gasteiger partial charge in [-0.1, -0.05) is 48.9 Å². The van der Waals surface area contributed by atoms with Crippen LogP contribution in [0, 0.1) is 5.92 Å². The Balaban J connectivity index is 1.70. The Morgan fingerprint density at radius 1 is 1.03 bits per heavy atom. The lowest BCUT2D eigenvalue weighted by molar-refractivity contribution is -0.157. The maximum atomic E-state index is 12.8. The molecule has 0 fully saturated rings. The summed E-state index contributed by atoms with van der Waals surface area (Å²) in [4.78, 5) is 29.4. The molecule has 34 heavy (non-hydrogen) atoms. The minimum atomic E-state index is -0.769. The number of ketones is 1. The number of halogens is 1. The SMILES string of the molecule is COc1ccnc(C(=O)C[C@@H](C)C(=O)O[C@@H](C)[C@H](Oc2ccc(Cl)cc2)c2ccccc2)c1O. The molecule has 0 aliphatic carbocycles. The molecular weight excluding hydrogens is 458 g/mol. The Kier molecular flexibility index (Phi) is 8.49. The van der Waals surface area contributed by atoms with Crippen molar-refractivity contribution in [2.75, 3.05) is 7.11 Å². The highest BCUT2D eigenvalue weighted by atomic mass is 35.5. The number of hydrogen-bond acceptors (Lipinski definition) is 7. The highest BCUT2D eigenvalue weighted by molar-refractivity contribution is 6.30. The van der Waals surface area contributed by atoms with Gasteiger partial charge in [-0.05, 0) is 36.8 Å². The standard InChI is InChI=1S/C26H26ClNO6/c1-16(15-21(29)23-24(30)22(32-3)13-14-28-23)26(31)33-17(2)25(18-7-5-4-6-8-18)34-20-11-9-19(27)10-12-20/h4-14,16-17,25,30H,15H2,1-3H3/t16-,17+,25+/m1/s1. The average molecular weight is 484 g/mol. The third-order valence-corrected chi connectivity index (χ3v) is 5.45. The predicted octanol–water partition coefficient (Wildman–Crippen LogP) is 5.41. The van der Waals surface area contributed by atoms with Crippen LogP contribution in [0.4, 0.5) is 0 Å².